The highest BCUT2D eigenvalue weighted by atomic mass is 127. The molecule has 1 saturated heterocycles. The van der Waals surface area contributed by atoms with Gasteiger partial charge in [-0.05, 0) is 38.8 Å². The van der Waals surface area contributed by atoms with Gasteiger partial charge in [-0.2, -0.15) is 0 Å². The largest absolute Gasteiger partial charge is 0.469 e. The van der Waals surface area contributed by atoms with Crippen LogP contribution < -0.4 is 5.32 Å². The molecule has 0 aromatic heterocycles. The molecular weight excluding hydrogens is 443 g/mol. The number of carbonyl (C=O) groups excluding carboxylic acids is 1. The number of likely N-dealkylation sites (tertiary alicyclic amines) is 1. The molecule has 2 aliphatic rings. The van der Waals surface area contributed by atoms with Crippen LogP contribution in [0.4, 0.5) is 0 Å². The van der Waals surface area contributed by atoms with Crippen molar-refractivity contribution in [2.45, 2.75) is 45.1 Å². The van der Waals surface area contributed by atoms with Crippen molar-refractivity contribution in [3.05, 3.63) is 0 Å². The molecule has 7 heteroatoms. The number of halogens is 1. The smallest absolute Gasteiger partial charge is 0.310 e. The van der Waals surface area contributed by atoms with Crippen LogP contribution >= 0.6 is 24.0 Å². The van der Waals surface area contributed by atoms with E-state index in [0.29, 0.717) is 12.6 Å². The van der Waals surface area contributed by atoms with E-state index in [9.17, 15) is 4.79 Å². The van der Waals surface area contributed by atoms with Crippen LogP contribution in [0.5, 0.6) is 0 Å². The van der Waals surface area contributed by atoms with Crippen LogP contribution in [0, 0.1) is 17.8 Å². The zero-order valence-corrected chi connectivity index (χ0v) is 19.4. The molecular formula is C19H37IN4O2. The van der Waals surface area contributed by atoms with Crippen molar-refractivity contribution >= 4 is 35.9 Å². The summed E-state index contributed by atoms with van der Waals surface area (Å²) >= 11 is 0. The second kappa shape index (κ2) is 11.3. The van der Waals surface area contributed by atoms with E-state index in [4.69, 9.17) is 4.74 Å². The van der Waals surface area contributed by atoms with Gasteiger partial charge in [0.15, 0.2) is 5.96 Å². The van der Waals surface area contributed by atoms with Crippen LogP contribution in [0.15, 0.2) is 4.99 Å². The Bertz CT molecular complexity index is 466. The lowest BCUT2D eigenvalue weighted by molar-refractivity contribution is -0.145. The first-order chi connectivity index (χ1) is 12.0. The fourth-order valence-electron chi connectivity index (χ4n) is 4.42. The number of carbonyl (C=O) groups is 1. The predicted octanol–water partition coefficient (Wildman–Crippen LogP) is 2.43. The molecule has 3 unspecified atom stereocenters. The zero-order chi connectivity index (χ0) is 18.4. The van der Waals surface area contributed by atoms with Gasteiger partial charge in [0, 0.05) is 32.7 Å². The Hall–Kier alpha value is -0.570. The number of hydrogen-bond donors (Lipinski definition) is 1. The van der Waals surface area contributed by atoms with Gasteiger partial charge in [0.2, 0.25) is 0 Å². The van der Waals surface area contributed by atoms with Gasteiger partial charge in [0.1, 0.15) is 0 Å². The van der Waals surface area contributed by atoms with Crippen molar-refractivity contribution in [1.29, 1.82) is 0 Å². The highest BCUT2D eigenvalue weighted by Crippen LogP contribution is 2.28. The lowest BCUT2D eigenvalue weighted by Gasteiger charge is -2.36. The summed E-state index contributed by atoms with van der Waals surface area (Å²) in [6, 6.07) is 0.522. The quantitative estimate of drug-likeness (QED) is 0.284. The van der Waals surface area contributed by atoms with E-state index in [1.807, 2.05) is 7.05 Å². The number of aliphatic imine (C=N–C) groups is 1. The Morgan fingerprint density at radius 1 is 1.27 bits per heavy atom. The number of esters is 1. The third-order valence-electron chi connectivity index (χ3n) is 5.95. The summed E-state index contributed by atoms with van der Waals surface area (Å²) in [4.78, 5) is 20.9. The molecule has 2 rings (SSSR count). The van der Waals surface area contributed by atoms with E-state index in [2.05, 4.69) is 41.1 Å². The van der Waals surface area contributed by atoms with Gasteiger partial charge >= 0.3 is 5.97 Å². The van der Waals surface area contributed by atoms with Gasteiger partial charge in [-0.15, -0.1) is 24.0 Å². The first-order valence-electron chi connectivity index (χ1n) is 9.67. The number of nitrogens with one attached hydrogen (secondary N) is 1. The van der Waals surface area contributed by atoms with E-state index < -0.39 is 0 Å². The Morgan fingerprint density at radius 2 is 1.92 bits per heavy atom. The number of ether oxygens (including phenoxy) is 1. The zero-order valence-electron chi connectivity index (χ0n) is 17.0. The normalized spacial score (nSPS) is 25.8. The highest BCUT2D eigenvalue weighted by Gasteiger charge is 2.37. The number of guanidine groups is 1. The number of likely N-dealkylation sites (N-methyl/N-ethyl adjacent to an activating group) is 1. The van der Waals surface area contributed by atoms with Crippen molar-refractivity contribution in [3.63, 3.8) is 0 Å². The SMILES string of the molecule is CN=C(NCC(C1CCCCC1)N(C)C)N1CC(C)C(C(=O)OC)C1.I. The maximum atomic E-state index is 11.9. The molecule has 1 heterocycles. The monoisotopic (exact) mass is 480 g/mol. The summed E-state index contributed by atoms with van der Waals surface area (Å²) in [7, 11) is 7.64. The van der Waals surface area contributed by atoms with E-state index >= 15 is 0 Å². The maximum Gasteiger partial charge on any atom is 0.310 e. The van der Waals surface area contributed by atoms with Crippen LogP contribution in [-0.4, -0.2) is 75.7 Å². The molecule has 26 heavy (non-hydrogen) atoms. The Balaban J connectivity index is 0.00000338. The topological polar surface area (TPSA) is 57.2 Å². The fraction of sp³-hybridized carbons (Fsp3) is 0.895. The molecule has 0 aromatic carbocycles. The molecule has 0 aromatic rings. The summed E-state index contributed by atoms with van der Waals surface area (Å²) in [6.07, 6.45) is 6.75. The second-order valence-corrected chi connectivity index (χ2v) is 7.87. The second-order valence-electron chi connectivity index (χ2n) is 7.87. The molecule has 0 amide bonds. The number of methoxy groups -OCH3 is 1. The van der Waals surface area contributed by atoms with Crippen molar-refractivity contribution in [3.8, 4) is 0 Å². The minimum absolute atomic E-state index is 0. The predicted molar refractivity (Wildman–Crippen MR) is 117 cm³/mol. The molecule has 1 N–H and O–H groups in total. The highest BCUT2D eigenvalue weighted by molar-refractivity contribution is 14.0. The van der Waals surface area contributed by atoms with Crippen molar-refractivity contribution in [2.24, 2.45) is 22.7 Å². The lowest BCUT2D eigenvalue weighted by Crippen LogP contribution is -2.49. The third-order valence-corrected chi connectivity index (χ3v) is 5.95. The Kier molecular flexibility index (Phi) is 10.2. The summed E-state index contributed by atoms with van der Waals surface area (Å²) in [5, 5.41) is 3.57. The maximum absolute atomic E-state index is 11.9. The minimum Gasteiger partial charge on any atom is -0.469 e. The number of hydrogen-bond acceptors (Lipinski definition) is 4. The average Bonchev–Trinajstić information content (AvgIpc) is 3.00. The number of nitrogens with zero attached hydrogens (tertiary/aromatic N) is 3. The van der Waals surface area contributed by atoms with Crippen LogP contribution in [0.2, 0.25) is 0 Å². The molecule has 2 fully saturated rings. The fourth-order valence-corrected chi connectivity index (χ4v) is 4.42. The molecule has 0 bridgehead atoms. The van der Waals surface area contributed by atoms with Gasteiger partial charge < -0.3 is 19.9 Å². The summed E-state index contributed by atoms with van der Waals surface area (Å²) < 4.78 is 4.94. The van der Waals surface area contributed by atoms with Gasteiger partial charge in [-0.25, -0.2) is 0 Å². The Morgan fingerprint density at radius 3 is 2.46 bits per heavy atom. The van der Waals surface area contributed by atoms with E-state index in [1.165, 1.54) is 39.2 Å². The first-order valence-corrected chi connectivity index (χ1v) is 9.67. The van der Waals surface area contributed by atoms with Crippen LogP contribution in [0.1, 0.15) is 39.0 Å². The van der Waals surface area contributed by atoms with Crippen molar-refractivity contribution in [1.82, 2.24) is 15.1 Å². The van der Waals surface area contributed by atoms with Gasteiger partial charge in [0.25, 0.3) is 0 Å². The standard InChI is InChI=1S/C19H36N4O2.HI/c1-14-12-23(13-16(14)18(24)25-5)19(20-2)21-11-17(22(3)4)15-9-7-6-8-10-15;/h14-17H,6-13H2,1-5H3,(H,20,21);1H. The lowest BCUT2D eigenvalue weighted by atomic mass is 9.83. The summed E-state index contributed by atoms with van der Waals surface area (Å²) in [6.45, 7) is 4.54. The summed E-state index contributed by atoms with van der Waals surface area (Å²) in [5.74, 6) is 1.77. The van der Waals surface area contributed by atoms with Crippen molar-refractivity contribution < 1.29 is 9.53 Å². The molecule has 1 saturated carbocycles. The van der Waals surface area contributed by atoms with Crippen LogP contribution in [0.3, 0.4) is 0 Å². The molecule has 0 radical (unpaired) electrons. The molecule has 6 nitrogen and oxygen atoms in total. The molecule has 1 aliphatic heterocycles. The first kappa shape index (κ1) is 23.5. The van der Waals surface area contributed by atoms with Gasteiger partial charge in [-0.1, -0.05) is 26.2 Å². The summed E-state index contributed by atoms with van der Waals surface area (Å²) in [5.41, 5.74) is 0. The van der Waals surface area contributed by atoms with E-state index in [0.717, 1.165) is 25.0 Å². The van der Waals surface area contributed by atoms with Crippen molar-refractivity contribution in [2.75, 3.05) is 47.9 Å². The number of rotatable bonds is 5. The van der Waals surface area contributed by atoms with E-state index in [-0.39, 0.29) is 41.8 Å². The molecule has 0 spiro atoms. The minimum atomic E-state index is -0.112. The Labute approximate surface area is 176 Å². The molecule has 3 atom stereocenters. The molecule has 152 valence electrons. The third kappa shape index (κ3) is 5.97. The molecule has 1 aliphatic carbocycles. The average molecular weight is 480 g/mol. The van der Waals surface area contributed by atoms with Crippen LogP contribution in [-0.2, 0) is 9.53 Å². The van der Waals surface area contributed by atoms with E-state index in [1.54, 1.807) is 0 Å². The van der Waals surface area contributed by atoms with Gasteiger partial charge in [0.05, 0.1) is 13.0 Å². The van der Waals surface area contributed by atoms with Gasteiger partial charge in [-0.3, -0.25) is 9.79 Å². The van der Waals surface area contributed by atoms with Crippen LogP contribution in [0.25, 0.3) is 0 Å².